The molecule has 1 fully saturated rings. The maximum absolute atomic E-state index is 9.17. The van der Waals surface area contributed by atoms with E-state index < -0.39 is 0 Å². The van der Waals surface area contributed by atoms with Crippen LogP contribution in [0.25, 0.3) is 5.70 Å². The highest BCUT2D eigenvalue weighted by molar-refractivity contribution is 5.87. The molecule has 0 saturated heterocycles. The van der Waals surface area contributed by atoms with Gasteiger partial charge in [-0.2, -0.15) is 0 Å². The lowest BCUT2D eigenvalue weighted by molar-refractivity contribution is 0.129. The van der Waals surface area contributed by atoms with E-state index in [1.165, 1.54) is 0 Å². The van der Waals surface area contributed by atoms with Gasteiger partial charge < -0.3 is 25.9 Å². The van der Waals surface area contributed by atoms with Crippen molar-refractivity contribution < 1.29 is 10.2 Å². The lowest BCUT2D eigenvalue weighted by atomic mass is 9.79. The fourth-order valence-corrected chi connectivity index (χ4v) is 4.10. The van der Waals surface area contributed by atoms with Crippen LogP contribution in [0.2, 0.25) is 0 Å². The van der Waals surface area contributed by atoms with E-state index in [0.29, 0.717) is 24.9 Å². The molecular formula is C18H30N6O2. The number of H-pyrrole nitrogens is 1. The number of aromatic amines is 1. The minimum absolute atomic E-state index is 0.134. The van der Waals surface area contributed by atoms with Gasteiger partial charge in [-0.3, -0.25) is 10.7 Å². The zero-order valence-electron chi connectivity index (χ0n) is 15.1. The molecule has 2 aliphatic rings. The Morgan fingerprint density at radius 1 is 1.23 bits per heavy atom. The SMILES string of the molecule is NN/C(=C1\NC=Nc2[nH]ccc21)C1CCC(CN(CCO)CCO)CC1. The van der Waals surface area contributed by atoms with E-state index in [9.17, 15) is 10.2 Å². The molecule has 8 nitrogen and oxygen atoms in total. The van der Waals surface area contributed by atoms with Crippen molar-refractivity contribution in [1.82, 2.24) is 20.6 Å². The molecule has 8 heteroatoms. The van der Waals surface area contributed by atoms with Crippen molar-refractivity contribution in [2.45, 2.75) is 25.7 Å². The number of aromatic nitrogens is 1. The Morgan fingerprint density at radius 3 is 2.62 bits per heavy atom. The molecule has 0 unspecified atom stereocenters. The molecule has 1 aliphatic heterocycles. The second kappa shape index (κ2) is 9.18. The largest absolute Gasteiger partial charge is 0.395 e. The summed E-state index contributed by atoms with van der Waals surface area (Å²) in [6, 6.07) is 2.01. The Bertz CT molecular complexity index is 627. The van der Waals surface area contributed by atoms with Gasteiger partial charge in [-0.1, -0.05) is 0 Å². The van der Waals surface area contributed by atoms with Crippen LogP contribution in [0.1, 0.15) is 31.2 Å². The molecule has 0 bridgehead atoms. The van der Waals surface area contributed by atoms with Gasteiger partial charge in [0.2, 0.25) is 0 Å². The van der Waals surface area contributed by atoms with Gasteiger partial charge in [0, 0.05) is 37.3 Å². The van der Waals surface area contributed by atoms with Crippen LogP contribution in [0.5, 0.6) is 0 Å². The van der Waals surface area contributed by atoms with Crippen LogP contribution in [0.15, 0.2) is 23.0 Å². The van der Waals surface area contributed by atoms with Crippen molar-refractivity contribution in [2.24, 2.45) is 22.7 Å². The number of hydrazine groups is 1. The summed E-state index contributed by atoms with van der Waals surface area (Å²) >= 11 is 0. The van der Waals surface area contributed by atoms with Crippen LogP contribution in [-0.4, -0.2) is 59.3 Å². The number of nitrogens with zero attached hydrogens (tertiary/aromatic N) is 2. The number of nitrogens with two attached hydrogens (primary N) is 1. The molecule has 0 radical (unpaired) electrons. The van der Waals surface area contributed by atoms with Crippen molar-refractivity contribution in [3.8, 4) is 0 Å². The number of allylic oxidation sites excluding steroid dienone is 1. The summed E-state index contributed by atoms with van der Waals surface area (Å²) in [4.78, 5) is 9.59. The molecule has 144 valence electrons. The Morgan fingerprint density at radius 2 is 1.96 bits per heavy atom. The highest BCUT2D eigenvalue weighted by Gasteiger charge is 2.28. The van der Waals surface area contributed by atoms with E-state index in [2.05, 4.69) is 25.6 Å². The number of aliphatic imine (C=N–C) groups is 1. The normalized spacial score (nSPS) is 24.3. The average Bonchev–Trinajstić information content (AvgIpc) is 3.14. The second-order valence-electron chi connectivity index (χ2n) is 7.04. The molecule has 0 atom stereocenters. The first kappa shape index (κ1) is 18.9. The number of nitrogens with one attached hydrogen (secondary N) is 3. The van der Waals surface area contributed by atoms with E-state index in [1.54, 1.807) is 6.34 Å². The monoisotopic (exact) mass is 362 g/mol. The van der Waals surface area contributed by atoms with Gasteiger partial charge in [0.1, 0.15) is 5.82 Å². The molecule has 1 aromatic rings. The van der Waals surface area contributed by atoms with Crippen molar-refractivity contribution in [3.63, 3.8) is 0 Å². The molecule has 3 rings (SSSR count). The first-order valence-electron chi connectivity index (χ1n) is 9.38. The molecule has 0 aromatic carbocycles. The third kappa shape index (κ3) is 4.27. The van der Waals surface area contributed by atoms with Crippen molar-refractivity contribution >= 4 is 17.9 Å². The smallest absolute Gasteiger partial charge is 0.141 e. The summed E-state index contributed by atoms with van der Waals surface area (Å²) in [5.41, 5.74) is 6.02. The van der Waals surface area contributed by atoms with Gasteiger partial charge in [-0.05, 0) is 37.7 Å². The number of hydrogen-bond donors (Lipinski definition) is 6. The fraction of sp³-hybridized carbons (Fsp3) is 0.611. The van der Waals surface area contributed by atoms with Gasteiger partial charge in [0.05, 0.1) is 30.9 Å². The lowest BCUT2D eigenvalue weighted by Crippen LogP contribution is -2.37. The molecule has 1 saturated carbocycles. The predicted octanol–water partition coefficient (Wildman–Crippen LogP) is 0.503. The van der Waals surface area contributed by atoms with E-state index in [0.717, 1.165) is 55.0 Å². The van der Waals surface area contributed by atoms with Crippen LogP contribution in [0.3, 0.4) is 0 Å². The quantitative estimate of drug-likeness (QED) is 0.296. The van der Waals surface area contributed by atoms with Crippen LogP contribution in [0.4, 0.5) is 5.82 Å². The summed E-state index contributed by atoms with van der Waals surface area (Å²) < 4.78 is 0. The van der Waals surface area contributed by atoms with Gasteiger partial charge in [0.25, 0.3) is 0 Å². The molecule has 26 heavy (non-hydrogen) atoms. The minimum Gasteiger partial charge on any atom is -0.395 e. The van der Waals surface area contributed by atoms with Crippen molar-refractivity contribution in [3.05, 3.63) is 23.5 Å². The van der Waals surface area contributed by atoms with E-state index in [4.69, 9.17) is 5.84 Å². The minimum atomic E-state index is 0.134. The van der Waals surface area contributed by atoms with Crippen molar-refractivity contribution in [2.75, 3.05) is 32.8 Å². The second-order valence-corrected chi connectivity index (χ2v) is 7.04. The van der Waals surface area contributed by atoms with Gasteiger partial charge >= 0.3 is 0 Å². The Kier molecular flexibility index (Phi) is 6.67. The molecule has 1 aromatic heterocycles. The van der Waals surface area contributed by atoms with Gasteiger partial charge in [-0.25, -0.2) is 4.99 Å². The fourth-order valence-electron chi connectivity index (χ4n) is 4.10. The van der Waals surface area contributed by atoms with Crippen LogP contribution in [-0.2, 0) is 0 Å². The van der Waals surface area contributed by atoms with E-state index in [-0.39, 0.29) is 13.2 Å². The molecular weight excluding hydrogens is 332 g/mol. The average molecular weight is 362 g/mol. The van der Waals surface area contributed by atoms with E-state index in [1.807, 2.05) is 12.3 Å². The van der Waals surface area contributed by atoms with Gasteiger partial charge in [-0.15, -0.1) is 0 Å². The highest BCUT2D eigenvalue weighted by atomic mass is 16.3. The molecule has 7 N–H and O–H groups in total. The molecule has 1 aliphatic carbocycles. The summed E-state index contributed by atoms with van der Waals surface area (Å²) in [5.74, 6) is 7.72. The van der Waals surface area contributed by atoms with Crippen LogP contribution < -0.4 is 16.6 Å². The number of aliphatic hydroxyl groups is 2. The number of rotatable bonds is 8. The predicted molar refractivity (Wildman–Crippen MR) is 102 cm³/mol. The maximum atomic E-state index is 9.17. The maximum Gasteiger partial charge on any atom is 0.141 e. The number of fused-ring (bicyclic) bond motifs is 1. The summed E-state index contributed by atoms with van der Waals surface area (Å²) in [5, 5.41) is 21.6. The van der Waals surface area contributed by atoms with Crippen LogP contribution >= 0.6 is 0 Å². The first-order valence-corrected chi connectivity index (χ1v) is 9.38. The summed E-state index contributed by atoms with van der Waals surface area (Å²) in [7, 11) is 0. The molecule has 2 heterocycles. The van der Waals surface area contributed by atoms with E-state index >= 15 is 0 Å². The first-order chi connectivity index (χ1) is 12.8. The zero-order valence-corrected chi connectivity index (χ0v) is 15.1. The number of hydrogen-bond acceptors (Lipinski definition) is 7. The Hall–Kier alpha value is -1.87. The Labute approximate surface area is 154 Å². The zero-order chi connectivity index (χ0) is 18.4. The van der Waals surface area contributed by atoms with Gasteiger partial charge in [0.15, 0.2) is 0 Å². The standard InChI is InChI=1S/C18H30N6O2/c19-23-16(17-15-5-6-20-18(15)22-12-21-17)14-3-1-13(2-4-14)11-24(7-9-25)8-10-26/h5-6,12-14,20,23,25-26H,1-4,7-11,19H2,(H,21,22)/b17-16-. The highest BCUT2D eigenvalue weighted by Crippen LogP contribution is 2.37. The lowest BCUT2D eigenvalue weighted by Gasteiger charge is -2.34. The van der Waals surface area contributed by atoms with Crippen molar-refractivity contribution in [1.29, 1.82) is 0 Å². The Balaban J connectivity index is 1.63. The third-order valence-electron chi connectivity index (χ3n) is 5.43. The topological polar surface area (TPSA) is 122 Å². The summed E-state index contributed by atoms with van der Waals surface area (Å²) in [6.07, 6.45) is 7.95. The third-order valence-corrected chi connectivity index (χ3v) is 5.43. The number of aliphatic hydroxyl groups excluding tert-OH is 2. The molecule has 0 spiro atoms. The summed E-state index contributed by atoms with van der Waals surface area (Å²) in [6.45, 7) is 2.45. The molecule has 0 amide bonds. The van der Waals surface area contributed by atoms with Crippen LogP contribution in [0, 0.1) is 11.8 Å².